The summed E-state index contributed by atoms with van der Waals surface area (Å²) in [6.07, 6.45) is 1.70. The molecule has 0 fully saturated rings. The van der Waals surface area contributed by atoms with E-state index in [1.165, 1.54) is 7.11 Å². The van der Waals surface area contributed by atoms with Gasteiger partial charge in [-0.3, -0.25) is 4.68 Å². The van der Waals surface area contributed by atoms with Gasteiger partial charge in [0.1, 0.15) is 5.75 Å². The van der Waals surface area contributed by atoms with Gasteiger partial charge in [-0.05, 0) is 12.1 Å². The first-order chi connectivity index (χ1) is 7.13. The molecule has 0 amide bonds. The summed E-state index contributed by atoms with van der Waals surface area (Å²) in [7, 11) is 1.74. The van der Waals surface area contributed by atoms with E-state index >= 15 is 0 Å². The molecule has 2 N–H and O–H groups in total. The minimum atomic E-state index is -1.54. The van der Waals surface area contributed by atoms with Crippen LogP contribution < -0.4 is 10.2 Å². The average Bonchev–Trinajstić information content (AvgIpc) is 2.58. The maximum absolute atomic E-state index is 9.17. The molecule has 0 aliphatic heterocycles. The number of methoxy groups -OCH3 is 1. The lowest BCUT2D eigenvalue weighted by atomic mass is 9.79. The van der Waals surface area contributed by atoms with Gasteiger partial charge in [0, 0.05) is 17.9 Å². The minimum absolute atomic E-state index is 0.341. The molecule has 15 heavy (non-hydrogen) atoms. The van der Waals surface area contributed by atoms with E-state index in [2.05, 4.69) is 5.10 Å². The molecule has 0 atom stereocenters. The fourth-order valence-electron chi connectivity index (χ4n) is 1.57. The van der Waals surface area contributed by atoms with Crippen LogP contribution in [-0.4, -0.2) is 34.1 Å². The Balaban J connectivity index is 2.71. The van der Waals surface area contributed by atoms with Crippen molar-refractivity contribution in [3.05, 3.63) is 18.3 Å². The largest absolute Gasteiger partial charge is 0.497 e. The summed E-state index contributed by atoms with van der Waals surface area (Å²) >= 11 is 0. The van der Waals surface area contributed by atoms with Crippen LogP contribution in [0.25, 0.3) is 10.9 Å². The molecular formula is C9H11BN2O3. The monoisotopic (exact) mass is 206 g/mol. The van der Waals surface area contributed by atoms with Gasteiger partial charge >= 0.3 is 7.12 Å². The predicted molar refractivity (Wildman–Crippen MR) is 57.1 cm³/mol. The highest BCUT2D eigenvalue weighted by molar-refractivity contribution is 6.60. The van der Waals surface area contributed by atoms with Gasteiger partial charge in [0.25, 0.3) is 0 Å². The van der Waals surface area contributed by atoms with Crippen LogP contribution in [-0.2, 0) is 7.05 Å². The van der Waals surface area contributed by atoms with Gasteiger partial charge in [0.05, 0.1) is 18.8 Å². The van der Waals surface area contributed by atoms with Gasteiger partial charge in [-0.25, -0.2) is 0 Å². The van der Waals surface area contributed by atoms with Crippen molar-refractivity contribution in [2.24, 2.45) is 7.05 Å². The standard InChI is InChI=1S/C9H11BN2O3/c1-12-8-4-7(10(13)14)9(15-2)3-6(8)5-11-12/h3-5,13-14H,1-2H3. The normalized spacial score (nSPS) is 10.7. The van der Waals surface area contributed by atoms with Crippen LogP contribution in [0.1, 0.15) is 0 Å². The number of ether oxygens (including phenoxy) is 1. The molecule has 0 aliphatic rings. The number of benzene rings is 1. The number of nitrogens with zero attached hydrogens (tertiary/aromatic N) is 2. The summed E-state index contributed by atoms with van der Waals surface area (Å²) in [5, 5.41) is 23.3. The topological polar surface area (TPSA) is 67.5 Å². The number of hydrogen-bond acceptors (Lipinski definition) is 4. The lowest BCUT2D eigenvalue weighted by Gasteiger charge is -2.08. The van der Waals surface area contributed by atoms with Crippen LogP contribution in [0.4, 0.5) is 0 Å². The fourth-order valence-corrected chi connectivity index (χ4v) is 1.57. The molecule has 5 nitrogen and oxygen atoms in total. The Morgan fingerprint density at radius 3 is 2.73 bits per heavy atom. The van der Waals surface area contributed by atoms with Gasteiger partial charge in [0.2, 0.25) is 0 Å². The Morgan fingerprint density at radius 2 is 2.13 bits per heavy atom. The molecular weight excluding hydrogens is 195 g/mol. The highest BCUT2D eigenvalue weighted by Gasteiger charge is 2.18. The molecule has 0 saturated heterocycles. The van der Waals surface area contributed by atoms with Gasteiger partial charge < -0.3 is 14.8 Å². The van der Waals surface area contributed by atoms with Crippen molar-refractivity contribution in [2.45, 2.75) is 0 Å². The second-order valence-electron chi connectivity index (χ2n) is 3.29. The van der Waals surface area contributed by atoms with E-state index in [-0.39, 0.29) is 0 Å². The quantitative estimate of drug-likeness (QED) is 0.635. The summed E-state index contributed by atoms with van der Waals surface area (Å²) in [4.78, 5) is 0. The fraction of sp³-hybridized carbons (Fsp3) is 0.222. The van der Waals surface area contributed by atoms with E-state index in [4.69, 9.17) is 14.8 Å². The highest BCUT2D eigenvalue weighted by Crippen LogP contribution is 2.18. The van der Waals surface area contributed by atoms with E-state index in [0.717, 1.165) is 10.9 Å². The maximum Gasteiger partial charge on any atom is 0.492 e. The number of hydrogen-bond donors (Lipinski definition) is 2. The SMILES string of the molecule is COc1cc2cnn(C)c2cc1B(O)O. The van der Waals surface area contributed by atoms with Crippen molar-refractivity contribution in [2.75, 3.05) is 7.11 Å². The lowest BCUT2D eigenvalue weighted by Crippen LogP contribution is -2.31. The third-order valence-corrected chi connectivity index (χ3v) is 2.38. The van der Waals surface area contributed by atoms with Gasteiger partial charge in [0.15, 0.2) is 0 Å². The van der Waals surface area contributed by atoms with Crippen molar-refractivity contribution in [3.8, 4) is 5.75 Å². The molecule has 1 aromatic carbocycles. The molecule has 2 rings (SSSR count). The van der Waals surface area contributed by atoms with Crippen LogP contribution in [0.2, 0.25) is 0 Å². The number of aromatic nitrogens is 2. The highest BCUT2D eigenvalue weighted by atomic mass is 16.5. The first kappa shape index (κ1) is 10.0. The second kappa shape index (κ2) is 3.56. The van der Waals surface area contributed by atoms with Gasteiger partial charge in [-0.15, -0.1) is 0 Å². The molecule has 6 heteroatoms. The number of rotatable bonds is 2. The Labute approximate surface area is 87.0 Å². The van der Waals surface area contributed by atoms with Crippen LogP contribution in [0.15, 0.2) is 18.3 Å². The van der Waals surface area contributed by atoms with Crippen molar-refractivity contribution < 1.29 is 14.8 Å². The van der Waals surface area contributed by atoms with Crippen LogP contribution in [0.5, 0.6) is 5.75 Å². The third-order valence-electron chi connectivity index (χ3n) is 2.38. The van der Waals surface area contributed by atoms with E-state index < -0.39 is 7.12 Å². The first-order valence-electron chi connectivity index (χ1n) is 4.49. The summed E-state index contributed by atoms with van der Waals surface area (Å²) in [5.74, 6) is 0.450. The van der Waals surface area contributed by atoms with Gasteiger partial charge in [-0.1, -0.05) is 0 Å². The van der Waals surface area contributed by atoms with Crippen molar-refractivity contribution in [1.29, 1.82) is 0 Å². The van der Waals surface area contributed by atoms with E-state index in [1.54, 1.807) is 30.1 Å². The summed E-state index contributed by atoms with van der Waals surface area (Å²) in [5.41, 5.74) is 1.17. The molecule has 0 radical (unpaired) electrons. The Bertz CT molecular complexity index is 495. The molecule has 2 aromatic rings. The Kier molecular flexibility index (Phi) is 2.38. The second-order valence-corrected chi connectivity index (χ2v) is 3.29. The zero-order valence-corrected chi connectivity index (χ0v) is 8.51. The average molecular weight is 206 g/mol. The molecule has 0 aliphatic carbocycles. The third kappa shape index (κ3) is 1.58. The van der Waals surface area contributed by atoms with Gasteiger partial charge in [-0.2, -0.15) is 5.10 Å². The summed E-state index contributed by atoms with van der Waals surface area (Å²) < 4.78 is 6.73. The Hall–Kier alpha value is -1.53. The molecule has 0 saturated carbocycles. The number of aryl methyl sites for hydroxylation is 1. The zero-order valence-electron chi connectivity index (χ0n) is 8.51. The molecule has 0 spiro atoms. The van der Waals surface area contributed by atoms with E-state index in [1.807, 2.05) is 0 Å². The molecule has 0 bridgehead atoms. The molecule has 1 aromatic heterocycles. The predicted octanol–water partition coefficient (Wildman–Crippen LogP) is -0.738. The smallest absolute Gasteiger partial charge is 0.492 e. The van der Waals surface area contributed by atoms with Crippen molar-refractivity contribution in [3.63, 3.8) is 0 Å². The zero-order chi connectivity index (χ0) is 11.0. The molecule has 0 unspecified atom stereocenters. The lowest BCUT2D eigenvalue weighted by molar-refractivity contribution is 0.403. The Morgan fingerprint density at radius 1 is 1.40 bits per heavy atom. The first-order valence-corrected chi connectivity index (χ1v) is 4.49. The van der Waals surface area contributed by atoms with E-state index in [0.29, 0.717) is 11.2 Å². The van der Waals surface area contributed by atoms with Crippen LogP contribution in [0.3, 0.4) is 0 Å². The van der Waals surface area contributed by atoms with Crippen molar-refractivity contribution in [1.82, 2.24) is 9.78 Å². The van der Waals surface area contributed by atoms with Crippen molar-refractivity contribution >= 4 is 23.5 Å². The molecule has 1 heterocycles. The maximum atomic E-state index is 9.17. The summed E-state index contributed by atoms with van der Waals surface area (Å²) in [6, 6.07) is 3.39. The van der Waals surface area contributed by atoms with E-state index in [9.17, 15) is 0 Å². The van der Waals surface area contributed by atoms with Crippen LogP contribution in [0, 0.1) is 0 Å². The molecule has 78 valence electrons. The summed E-state index contributed by atoms with van der Waals surface area (Å²) in [6.45, 7) is 0. The minimum Gasteiger partial charge on any atom is -0.497 e. The number of fused-ring (bicyclic) bond motifs is 1. The van der Waals surface area contributed by atoms with Crippen LogP contribution >= 0.6 is 0 Å².